The second kappa shape index (κ2) is 8.89. The molecular formula is C19H26Cl2N4O. The molecule has 0 spiro atoms. The molecule has 2 aromatic rings. The molecular weight excluding hydrogens is 371 g/mol. The van der Waals surface area contributed by atoms with Gasteiger partial charge in [-0.15, -0.1) is 12.4 Å². The van der Waals surface area contributed by atoms with Crippen LogP contribution in [-0.4, -0.2) is 34.8 Å². The van der Waals surface area contributed by atoms with Crippen molar-refractivity contribution in [3.63, 3.8) is 0 Å². The highest BCUT2D eigenvalue weighted by Crippen LogP contribution is 2.20. The van der Waals surface area contributed by atoms with Crippen molar-refractivity contribution in [3.8, 4) is 0 Å². The van der Waals surface area contributed by atoms with Crippen LogP contribution in [0.15, 0.2) is 24.3 Å². The maximum atomic E-state index is 12.8. The van der Waals surface area contributed by atoms with E-state index in [4.69, 9.17) is 11.6 Å². The molecule has 1 fully saturated rings. The van der Waals surface area contributed by atoms with E-state index in [1.807, 2.05) is 42.8 Å². The Morgan fingerprint density at radius 1 is 1.38 bits per heavy atom. The van der Waals surface area contributed by atoms with Gasteiger partial charge in [-0.2, -0.15) is 5.10 Å². The van der Waals surface area contributed by atoms with Gasteiger partial charge in [-0.1, -0.05) is 36.7 Å². The molecule has 1 aliphatic rings. The number of nitrogens with zero attached hydrogens (tertiary/aromatic N) is 2. The second-order valence-electron chi connectivity index (χ2n) is 6.84. The molecule has 0 bridgehead atoms. The van der Waals surface area contributed by atoms with Crippen LogP contribution < -0.4 is 10.6 Å². The maximum Gasteiger partial charge on any atom is 0.255 e. The Labute approximate surface area is 165 Å². The third kappa shape index (κ3) is 4.40. The van der Waals surface area contributed by atoms with Gasteiger partial charge in [0.1, 0.15) is 0 Å². The zero-order chi connectivity index (χ0) is 18.0. The van der Waals surface area contributed by atoms with Crippen LogP contribution in [0.25, 0.3) is 0 Å². The lowest BCUT2D eigenvalue weighted by Gasteiger charge is -2.30. The number of carbonyl (C=O) groups is 1. The summed E-state index contributed by atoms with van der Waals surface area (Å²) in [7, 11) is 0. The number of amides is 1. The first-order valence-electron chi connectivity index (χ1n) is 8.76. The fourth-order valence-corrected chi connectivity index (χ4v) is 3.63. The summed E-state index contributed by atoms with van der Waals surface area (Å²) in [5.74, 6) is 0.399. The fraction of sp³-hybridized carbons (Fsp3) is 0.474. The minimum atomic E-state index is -0.0286. The van der Waals surface area contributed by atoms with Gasteiger partial charge < -0.3 is 10.6 Å². The van der Waals surface area contributed by atoms with E-state index >= 15 is 0 Å². The van der Waals surface area contributed by atoms with Gasteiger partial charge in [-0.05, 0) is 50.9 Å². The summed E-state index contributed by atoms with van der Waals surface area (Å²) in [6.07, 6.45) is 0.957. The predicted octanol–water partition coefficient (Wildman–Crippen LogP) is 3.35. The van der Waals surface area contributed by atoms with E-state index in [1.165, 1.54) is 0 Å². The number of hydrogen-bond donors (Lipinski definition) is 2. The molecule has 0 radical (unpaired) electrons. The number of halogens is 2. The van der Waals surface area contributed by atoms with Crippen molar-refractivity contribution in [1.29, 1.82) is 0 Å². The lowest BCUT2D eigenvalue weighted by molar-refractivity contribution is 0.0913. The Kier molecular flexibility index (Phi) is 7.09. The third-order valence-corrected chi connectivity index (χ3v) is 5.36. The van der Waals surface area contributed by atoms with Gasteiger partial charge >= 0.3 is 0 Å². The highest BCUT2D eigenvalue weighted by atomic mass is 35.5. The number of aromatic nitrogens is 2. The van der Waals surface area contributed by atoms with Crippen LogP contribution in [0.4, 0.5) is 0 Å². The molecule has 142 valence electrons. The zero-order valence-electron chi connectivity index (χ0n) is 15.4. The van der Waals surface area contributed by atoms with Crippen molar-refractivity contribution in [1.82, 2.24) is 20.4 Å². The summed E-state index contributed by atoms with van der Waals surface area (Å²) in [5, 5.41) is 11.8. The molecule has 3 rings (SSSR count). The summed E-state index contributed by atoms with van der Waals surface area (Å²) in [5.41, 5.74) is 3.30. The summed E-state index contributed by atoms with van der Waals surface area (Å²) in [4.78, 5) is 12.8. The molecule has 26 heavy (non-hydrogen) atoms. The molecule has 2 unspecified atom stereocenters. The molecule has 1 aromatic heterocycles. The van der Waals surface area contributed by atoms with E-state index in [2.05, 4.69) is 22.7 Å². The molecule has 0 saturated carbocycles. The minimum absolute atomic E-state index is 0. The van der Waals surface area contributed by atoms with E-state index in [9.17, 15) is 4.79 Å². The lowest BCUT2D eigenvalue weighted by atomic mass is 9.95. The summed E-state index contributed by atoms with van der Waals surface area (Å²) >= 11 is 6.25. The molecule has 1 aliphatic heterocycles. The van der Waals surface area contributed by atoms with Gasteiger partial charge in [0.25, 0.3) is 5.91 Å². The van der Waals surface area contributed by atoms with Crippen molar-refractivity contribution >= 4 is 29.9 Å². The molecule has 2 heterocycles. The standard InChI is InChI=1S/C19H25ClN4O.ClH/c1-12-10-21-9-8-17(12)22-19(25)18-13(2)23-24(14(18)3)11-15-6-4-5-7-16(15)20;/h4-7,12,17,21H,8-11H2,1-3H3,(H,22,25);1H. The number of hydrogen-bond acceptors (Lipinski definition) is 3. The number of benzene rings is 1. The van der Waals surface area contributed by atoms with Crippen molar-refractivity contribution in [2.75, 3.05) is 13.1 Å². The number of piperidine rings is 1. The second-order valence-corrected chi connectivity index (χ2v) is 7.25. The van der Waals surface area contributed by atoms with E-state index in [-0.39, 0.29) is 24.4 Å². The summed E-state index contributed by atoms with van der Waals surface area (Å²) in [6.45, 7) is 8.43. The summed E-state index contributed by atoms with van der Waals surface area (Å²) in [6, 6.07) is 7.93. The minimum Gasteiger partial charge on any atom is -0.349 e. The smallest absolute Gasteiger partial charge is 0.255 e. The SMILES string of the molecule is Cc1nn(Cc2ccccc2Cl)c(C)c1C(=O)NC1CCNCC1C.Cl. The van der Waals surface area contributed by atoms with Gasteiger partial charge in [0.2, 0.25) is 0 Å². The lowest BCUT2D eigenvalue weighted by Crippen LogP contribution is -2.48. The Bertz CT molecular complexity index is 775. The Balaban J connectivity index is 0.00000243. The van der Waals surface area contributed by atoms with Crippen LogP contribution in [-0.2, 0) is 6.54 Å². The molecule has 1 aromatic carbocycles. The first kappa shape index (κ1) is 20.7. The van der Waals surface area contributed by atoms with Gasteiger partial charge in [0.05, 0.1) is 17.8 Å². The highest BCUT2D eigenvalue weighted by Gasteiger charge is 2.26. The predicted molar refractivity (Wildman–Crippen MR) is 107 cm³/mol. The van der Waals surface area contributed by atoms with Crippen LogP contribution in [0.2, 0.25) is 5.02 Å². The molecule has 5 nitrogen and oxygen atoms in total. The van der Waals surface area contributed by atoms with Crippen LogP contribution >= 0.6 is 24.0 Å². The normalized spacial score (nSPS) is 19.7. The highest BCUT2D eigenvalue weighted by molar-refractivity contribution is 6.31. The van der Waals surface area contributed by atoms with Crippen molar-refractivity contribution < 1.29 is 4.79 Å². The van der Waals surface area contributed by atoms with E-state index < -0.39 is 0 Å². The Hall–Kier alpha value is -1.56. The molecule has 2 N–H and O–H groups in total. The average molecular weight is 397 g/mol. The molecule has 1 amide bonds. The van der Waals surface area contributed by atoms with Crippen LogP contribution in [0, 0.1) is 19.8 Å². The van der Waals surface area contributed by atoms with Gasteiger partial charge in [0, 0.05) is 16.8 Å². The Morgan fingerprint density at radius 3 is 2.81 bits per heavy atom. The van der Waals surface area contributed by atoms with Crippen molar-refractivity contribution in [3.05, 3.63) is 51.8 Å². The first-order valence-corrected chi connectivity index (χ1v) is 9.14. The first-order chi connectivity index (χ1) is 12.0. The van der Waals surface area contributed by atoms with E-state index in [0.29, 0.717) is 23.0 Å². The number of rotatable bonds is 4. The number of nitrogens with one attached hydrogen (secondary N) is 2. The molecule has 1 saturated heterocycles. The summed E-state index contributed by atoms with van der Waals surface area (Å²) < 4.78 is 1.86. The zero-order valence-corrected chi connectivity index (χ0v) is 17.0. The monoisotopic (exact) mass is 396 g/mol. The third-order valence-electron chi connectivity index (χ3n) is 4.99. The quantitative estimate of drug-likeness (QED) is 0.832. The van der Waals surface area contributed by atoms with Crippen LogP contribution in [0.5, 0.6) is 0 Å². The molecule has 7 heteroatoms. The Morgan fingerprint density at radius 2 is 2.12 bits per heavy atom. The van der Waals surface area contributed by atoms with Crippen LogP contribution in [0.3, 0.4) is 0 Å². The topological polar surface area (TPSA) is 59.0 Å². The molecule has 0 aliphatic carbocycles. The molecule has 2 atom stereocenters. The van der Waals surface area contributed by atoms with Gasteiger partial charge in [-0.3, -0.25) is 9.48 Å². The fourth-order valence-electron chi connectivity index (χ4n) is 3.44. The van der Waals surface area contributed by atoms with Gasteiger partial charge in [-0.25, -0.2) is 0 Å². The van der Waals surface area contributed by atoms with E-state index in [1.54, 1.807) is 0 Å². The average Bonchev–Trinajstić information content (AvgIpc) is 2.86. The maximum absolute atomic E-state index is 12.8. The van der Waals surface area contributed by atoms with Crippen LogP contribution in [0.1, 0.15) is 40.7 Å². The van der Waals surface area contributed by atoms with Gasteiger partial charge in [0.15, 0.2) is 0 Å². The number of carbonyl (C=O) groups excluding carboxylic acids is 1. The van der Waals surface area contributed by atoms with E-state index in [0.717, 1.165) is 36.5 Å². The van der Waals surface area contributed by atoms with Crippen molar-refractivity contribution in [2.24, 2.45) is 5.92 Å². The number of aryl methyl sites for hydroxylation is 1. The van der Waals surface area contributed by atoms with Crippen molar-refractivity contribution in [2.45, 2.75) is 39.8 Å². The largest absolute Gasteiger partial charge is 0.349 e.